The summed E-state index contributed by atoms with van der Waals surface area (Å²) in [6.07, 6.45) is 4.46. The Morgan fingerprint density at radius 2 is 2.05 bits per heavy atom. The molecule has 1 aliphatic rings. The molecule has 1 fully saturated rings. The molecule has 0 aromatic heterocycles. The summed E-state index contributed by atoms with van der Waals surface area (Å²) in [6, 6.07) is 8.77. The smallest absolute Gasteiger partial charge is 0.221 e. The fraction of sp³-hybridized carbons (Fsp3) is 0.588. The van der Waals surface area contributed by atoms with E-state index in [2.05, 4.69) is 23.6 Å². The van der Waals surface area contributed by atoms with Crippen LogP contribution < -0.4 is 10.6 Å². The average Bonchev–Trinajstić information content (AvgIpc) is 2.47. The van der Waals surface area contributed by atoms with Gasteiger partial charge in [0.2, 0.25) is 5.91 Å². The van der Waals surface area contributed by atoms with Crippen molar-refractivity contribution in [3.05, 3.63) is 29.8 Å². The number of carbonyl (C=O) groups is 1. The largest absolute Gasteiger partial charge is 0.396 e. The van der Waals surface area contributed by atoms with Gasteiger partial charge >= 0.3 is 0 Å². The fourth-order valence-corrected chi connectivity index (χ4v) is 3.05. The number of benzene rings is 1. The van der Waals surface area contributed by atoms with Gasteiger partial charge in [0.15, 0.2) is 0 Å². The second-order valence-corrected chi connectivity index (χ2v) is 6.10. The van der Waals surface area contributed by atoms with Crippen LogP contribution in [0, 0.1) is 5.92 Å². The van der Waals surface area contributed by atoms with E-state index < -0.39 is 0 Å². The van der Waals surface area contributed by atoms with Gasteiger partial charge in [0.05, 0.1) is 0 Å². The predicted molar refractivity (Wildman–Crippen MR) is 85.1 cm³/mol. The first kappa shape index (κ1) is 16.0. The third-order valence-corrected chi connectivity index (χ3v) is 4.30. The normalized spacial score (nSPS) is 23.6. The van der Waals surface area contributed by atoms with E-state index in [9.17, 15) is 9.90 Å². The Hall–Kier alpha value is -1.39. The molecule has 0 aliphatic heterocycles. The van der Waals surface area contributed by atoms with Crippen LogP contribution in [0.2, 0.25) is 0 Å². The Balaban J connectivity index is 1.91. The van der Waals surface area contributed by atoms with E-state index in [-0.39, 0.29) is 11.9 Å². The Morgan fingerprint density at radius 3 is 2.67 bits per heavy atom. The number of hydrogen-bond acceptors (Lipinski definition) is 3. The molecular formula is C17H26N2O2. The van der Waals surface area contributed by atoms with Crippen molar-refractivity contribution < 1.29 is 9.90 Å². The van der Waals surface area contributed by atoms with E-state index in [1.807, 2.05) is 18.2 Å². The van der Waals surface area contributed by atoms with E-state index in [0.29, 0.717) is 18.6 Å². The number of rotatable bonds is 5. The highest BCUT2D eigenvalue weighted by atomic mass is 16.3. The summed E-state index contributed by atoms with van der Waals surface area (Å²) in [5.74, 6) is 0.441. The number of hydrogen-bond donors (Lipinski definition) is 3. The van der Waals surface area contributed by atoms with Crippen molar-refractivity contribution in [1.29, 1.82) is 0 Å². The molecule has 1 unspecified atom stereocenters. The highest BCUT2D eigenvalue weighted by Crippen LogP contribution is 2.26. The lowest BCUT2D eigenvalue weighted by Gasteiger charge is -2.30. The third-order valence-electron chi connectivity index (χ3n) is 4.30. The summed E-state index contributed by atoms with van der Waals surface area (Å²) >= 11 is 0. The highest BCUT2D eigenvalue weighted by Gasteiger charge is 2.21. The number of amides is 1. The lowest BCUT2D eigenvalue weighted by molar-refractivity contribution is -0.114. The maximum atomic E-state index is 11.1. The van der Waals surface area contributed by atoms with Gasteiger partial charge in [0.1, 0.15) is 0 Å². The molecule has 1 atom stereocenters. The van der Waals surface area contributed by atoms with E-state index in [4.69, 9.17) is 0 Å². The Morgan fingerprint density at radius 1 is 1.33 bits per heavy atom. The van der Waals surface area contributed by atoms with Gasteiger partial charge < -0.3 is 15.7 Å². The predicted octanol–water partition coefficient (Wildman–Crippen LogP) is 2.85. The van der Waals surface area contributed by atoms with Crippen LogP contribution in [0.25, 0.3) is 0 Å². The molecule has 0 bridgehead atoms. The van der Waals surface area contributed by atoms with Gasteiger partial charge in [-0.1, -0.05) is 12.1 Å². The van der Waals surface area contributed by atoms with Crippen molar-refractivity contribution in [2.75, 3.05) is 11.9 Å². The molecule has 1 aromatic carbocycles. The zero-order chi connectivity index (χ0) is 15.2. The van der Waals surface area contributed by atoms with Crippen LogP contribution in [0.15, 0.2) is 24.3 Å². The highest BCUT2D eigenvalue weighted by molar-refractivity contribution is 5.88. The first-order valence-electron chi connectivity index (χ1n) is 7.83. The van der Waals surface area contributed by atoms with Crippen LogP contribution in [0.1, 0.15) is 51.1 Å². The Kier molecular flexibility index (Phi) is 5.76. The molecule has 4 nitrogen and oxygen atoms in total. The summed E-state index contributed by atoms with van der Waals surface area (Å²) in [7, 11) is 0. The quantitative estimate of drug-likeness (QED) is 0.781. The standard InChI is InChI=1S/C17H26N2O2/c1-12(18-16-8-6-14(11-20)7-9-16)15-4-3-5-17(10-15)19-13(2)21/h3-5,10,12,14,16,18,20H,6-9,11H2,1-2H3,(H,19,21). The maximum absolute atomic E-state index is 11.1. The van der Waals surface area contributed by atoms with Gasteiger partial charge in [-0.3, -0.25) is 4.79 Å². The molecule has 21 heavy (non-hydrogen) atoms. The summed E-state index contributed by atoms with van der Waals surface area (Å²) in [4.78, 5) is 11.1. The third kappa shape index (κ3) is 4.83. The van der Waals surface area contributed by atoms with Gasteiger partial charge in [-0.2, -0.15) is 0 Å². The van der Waals surface area contributed by atoms with Crippen LogP contribution in [-0.2, 0) is 4.79 Å². The molecule has 1 amide bonds. The molecule has 3 N–H and O–H groups in total. The van der Waals surface area contributed by atoms with Gasteiger partial charge in [0, 0.05) is 31.3 Å². The molecule has 0 heterocycles. The van der Waals surface area contributed by atoms with Crippen molar-refractivity contribution in [3.63, 3.8) is 0 Å². The Bertz CT molecular complexity index is 468. The summed E-state index contributed by atoms with van der Waals surface area (Å²) in [5, 5.41) is 15.7. The number of anilines is 1. The molecule has 2 rings (SSSR count). The van der Waals surface area contributed by atoms with Crippen LogP contribution in [0.5, 0.6) is 0 Å². The van der Waals surface area contributed by atoms with Crippen molar-refractivity contribution in [1.82, 2.24) is 5.32 Å². The Labute approximate surface area is 126 Å². The van der Waals surface area contributed by atoms with Crippen molar-refractivity contribution in [2.45, 2.75) is 51.6 Å². The number of aliphatic hydroxyl groups excluding tert-OH is 1. The zero-order valence-corrected chi connectivity index (χ0v) is 12.9. The van der Waals surface area contributed by atoms with Crippen LogP contribution in [0.4, 0.5) is 5.69 Å². The van der Waals surface area contributed by atoms with Gasteiger partial charge in [-0.25, -0.2) is 0 Å². The van der Waals surface area contributed by atoms with Crippen LogP contribution in [-0.4, -0.2) is 23.7 Å². The number of aliphatic hydroxyl groups is 1. The van der Waals surface area contributed by atoms with Gasteiger partial charge in [-0.15, -0.1) is 0 Å². The summed E-state index contributed by atoms with van der Waals surface area (Å²) < 4.78 is 0. The van der Waals surface area contributed by atoms with Crippen LogP contribution >= 0.6 is 0 Å². The zero-order valence-electron chi connectivity index (χ0n) is 12.9. The summed E-state index contributed by atoms with van der Waals surface area (Å²) in [6.45, 7) is 4.00. The molecule has 0 saturated heterocycles. The lowest BCUT2D eigenvalue weighted by Crippen LogP contribution is -2.35. The monoisotopic (exact) mass is 290 g/mol. The van der Waals surface area contributed by atoms with Gasteiger partial charge in [0.25, 0.3) is 0 Å². The maximum Gasteiger partial charge on any atom is 0.221 e. The van der Waals surface area contributed by atoms with E-state index in [1.165, 1.54) is 12.5 Å². The molecule has 0 spiro atoms. The average molecular weight is 290 g/mol. The first-order chi connectivity index (χ1) is 10.1. The number of nitrogens with one attached hydrogen (secondary N) is 2. The molecule has 0 radical (unpaired) electrons. The minimum Gasteiger partial charge on any atom is -0.396 e. The minimum absolute atomic E-state index is 0.0462. The SMILES string of the molecule is CC(=O)Nc1cccc(C(C)NC2CCC(CO)CC2)c1. The lowest BCUT2D eigenvalue weighted by atomic mass is 9.86. The van der Waals surface area contributed by atoms with E-state index in [1.54, 1.807) is 0 Å². The number of carbonyl (C=O) groups excluding carboxylic acids is 1. The van der Waals surface area contributed by atoms with Gasteiger partial charge in [-0.05, 0) is 56.2 Å². The van der Waals surface area contributed by atoms with Crippen molar-refractivity contribution in [3.8, 4) is 0 Å². The minimum atomic E-state index is -0.0462. The van der Waals surface area contributed by atoms with E-state index >= 15 is 0 Å². The van der Waals surface area contributed by atoms with Crippen molar-refractivity contribution in [2.24, 2.45) is 5.92 Å². The molecular weight excluding hydrogens is 264 g/mol. The van der Waals surface area contributed by atoms with E-state index in [0.717, 1.165) is 31.4 Å². The molecule has 1 aliphatic carbocycles. The molecule has 116 valence electrons. The first-order valence-corrected chi connectivity index (χ1v) is 7.83. The molecule has 4 heteroatoms. The molecule has 1 saturated carbocycles. The summed E-state index contributed by atoms with van der Waals surface area (Å²) in [5.41, 5.74) is 2.03. The van der Waals surface area contributed by atoms with Crippen molar-refractivity contribution >= 4 is 11.6 Å². The fourth-order valence-electron chi connectivity index (χ4n) is 3.05. The topological polar surface area (TPSA) is 61.4 Å². The second-order valence-electron chi connectivity index (χ2n) is 6.10. The second kappa shape index (κ2) is 7.57. The van der Waals surface area contributed by atoms with Crippen LogP contribution in [0.3, 0.4) is 0 Å². The molecule has 1 aromatic rings.